The Bertz CT molecular complexity index is 1600. The summed E-state index contributed by atoms with van der Waals surface area (Å²) in [5.41, 5.74) is 0. The van der Waals surface area contributed by atoms with Crippen LogP contribution in [0.1, 0.15) is 170 Å². The van der Waals surface area contributed by atoms with Crippen LogP contribution in [0, 0.1) is 11.8 Å². The van der Waals surface area contributed by atoms with E-state index in [1.165, 1.54) is 0 Å². The Morgan fingerprint density at radius 2 is 0.899 bits per heavy atom. The van der Waals surface area contributed by atoms with Crippen molar-refractivity contribution in [1.29, 1.82) is 0 Å². The second-order valence-corrected chi connectivity index (χ2v) is 52.4. The summed E-state index contributed by atoms with van der Waals surface area (Å²) in [5, 5.41) is 9.60. The van der Waals surface area contributed by atoms with Crippen LogP contribution in [0.3, 0.4) is 0 Å². The van der Waals surface area contributed by atoms with Gasteiger partial charge in [0.05, 0.1) is 37.8 Å². The van der Waals surface area contributed by atoms with Crippen molar-refractivity contribution in [3.63, 3.8) is 0 Å². The maximum Gasteiger partial charge on any atom is 0.308 e. The van der Waals surface area contributed by atoms with Crippen LogP contribution in [0.25, 0.3) is 0 Å². The van der Waals surface area contributed by atoms with Crippen molar-refractivity contribution < 1.29 is 51.0 Å². The highest BCUT2D eigenvalue weighted by Gasteiger charge is 2.56. The van der Waals surface area contributed by atoms with Crippen LogP contribution in [0.2, 0.25) is 90.7 Å². The molecule has 16 heteroatoms. The summed E-state index contributed by atoms with van der Waals surface area (Å²) in [6, 6.07) is 0. The zero-order valence-electron chi connectivity index (χ0n) is 50.3. The Balaban J connectivity index is 3.95. The van der Waals surface area contributed by atoms with Gasteiger partial charge in [-0.3, -0.25) is 9.59 Å². The molecule has 1 fully saturated rings. The van der Waals surface area contributed by atoms with Crippen molar-refractivity contribution in [2.45, 2.75) is 310 Å². The first kappa shape index (κ1) is 66.8. The first-order chi connectivity index (χ1) is 30.6. The van der Waals surface area contributed by atoms with Crippen molar-refractivity contribution >= 4 is 53.5 Å². The molecule has 0 aromatic carbocycles. The fraction of sp³-hybridized carbons (Fsp3) is 0.962. The highest BCUT2D eigenvalue weighted by molar-refractivity contribution is 6.75. The molecule has 2 unspecified atom stereocenters. The van der Waals surface area contributed by atoms with Crippen LogP contribution >= 0.6 is 0 Å². The summed E-state index contributed by atoms with van der Waals surface area (Å²) >= 11 is 0. The summed E-state index contributed by atoms with van der Waals surface area (Å²) < 4.78 is 56.8. The van der Waals surface area contributed by atoms with Gasteiger partial charge in [-0.1, -0.05) is 144 Å². The summed E-state index contributed by atoms with van der Waals surface area (Å²) in [6.07, 6.45) is -1.95. The maximum atomic E-state index is 14.5. The molecule has 0 aliphatic carbocycles. The fourth-order valence-electron chi connectivity index (χ4n) is 6.91. The molecule has 10 atom stereocenters. The normalized spacial score (nSPS) is 22.5. The summed E-state index contributed by atoms with van der Waals surface area (Å²) in [4.78, 5) is 26.7. The number of esters is 1. The maximum absolute atomic E-state index is 14.5. The van der Waals surface area contributed by atoms with Gasteiger partial charge in [-0.15, -0.1) is 0 Å². The molecule has 69 heavy (non-hydrogen) atoms. The first-order valence-electron chi connectivity index (χ1n) is 26.6. The number of carbonyl (C=O) groups excluding carboxylic acids is 1. The zero-order chi connectivity index (χ0) is 54.5. The standard InChI is InChI=1S/C53H112O11Si5/c1-30-37(3)41(32-39(34-44(54)55)61-66(22,23)50(8,9)10)58-45(56)35-40(62-67(24,25)51(11,12)13)33-42(38(4)31-2)59-48-47(64-69(28,29)53(17,18)19)46(63-68(26,27)52(14,15)16)43(60-48)36-57-65(20,21)49(5,6)7/h37-43,46-48H,30-36H2,1-29H3,(H,54,55)/t37-,38-,39-,40-,41-,42-,43-,46?,47?,48+/m0/s1. The molecule has 1 rings (SSSR count). The number of aliphatic carboxylic acids is 1. The first-order valence-corrected chi connectivity index (χ1v) is 41.2. The van der Waals surface area contributed by atoms with E-state index in [0.29, 0.717) is 19.4 Å². The zero-order valence-corrected chi connectivity index (χ0v) is 55.3. The number of carboxylic acid groups (broad SMARTS) is 1. The Hall–Kier alpha value is -0.256. The van der Waals surface area contributed by atoms with Gasteiger partial charge in [0, 0.05) is 6.42 Å². The molecule has 1 N–H and O–H groups in total. The molecule has 410 valence electrons. The van der Waals surface area contributed by atoms with Gasteiger partial charge >= 0.3 is 11.9 Å². The van der Waals surface area contributed by atoms with E-state index in [0.717, 1.165) is 12.8 Å². The Morgan fingerprint density at radius 3 is 1.28 bits per heavy atom. The van der Waals surface area contributed by atoms with Crippen molar-refractivity contribution in [1.82, 2.24) is 0 Å². The third-order valence-electron chi connectivity index (χ3n) is 17.6. The van der Waals surface area contributed by atoms with E-state index in [1.54, 1.807) is 0 Å². The van der Waals surface area contributed by atoms with Crippen LogP contribution in [-0.4, -0.2) is 114 Å². The average molecular weight is 1070 g/mol. The molecule has 0 aromatic heterocycles. The molecule has 1 aliphatic heterocycles. The van der Waals surface area contributed by atoms with Crippen molar-refractivity contribution in [3.05, 3.63) is 0 Å². The molecule has 0 bridgehead atoms. The number of rotatable bonds is 26. The third kappa shape index (κ3) is 19.4. The lowest BCUT2D eigenvalue weighted by Gasteiger charge is -2.44. The second kappa shape index (κ2) is 24.6. The van der Waals surface area contributed by atoms with Gasteiger partial charge in [0.2, 0.25) is 0 Å². The molecular formula is C53H112O11Si5. The Kier molecular flexibility index (Phi) is 23.8. The van der Waals surface area contributed by atoms with E-state index in [4.69, 9.17) is 36.3 Å². The van der Waals surface area contributed by atoms with E-state index >= 15 is 0 Å². The minimum Gasteiger partial charge on any atom is -0.481 e. The molecule has 0 radical (unpaired) electrons. The molecule has 1 saturated heterocycles. The third-order valence-corrected chi connectivity index (χ3v) is 40.1. The van der Waals surface area contributed by atoms with Crippen LogP contribution < -0.4 is 0 Å². The smallest absolute Gasteiger partial charge is 0.308 e. The summed E-state index contributed by atoms with van der Waals surface area (Å²) in [6.45, 7) is 64.7. The van der Waals surface area contributed by atoms with Gasteiger partial charge in [0.25, 0.3) is 0 Å². The molecule has 0 amide bonds. The van der Waals surface area contributed by atoms with E-state index in [2.05, 4.69) is 197 Å². The average Bonchev–Trinajstić information content (AvgIpc) is 3.42. The molecule has 11 nitrogen and oxygen atoms in total. The molecule has 1 aliphatic rings. The summed E-state index contributed by atoms with van der Waals surface area (Å²) in [7, 11) is -11.8. The van der Waals surface area contributed by atoms with Crippen molar-refractivity contribution in [3.8, 4) is 0 Å². The molecule has 0 saturated carbocycles. The minimum atomic E-state index is -2.45. The lowest BCUT2D eigenvalue weighted by atomic mass is 9.94. The molecule has 1 heterocycles. The highest BCUT2D eigenvalue weighted by Crippen LogP contribution is 2.46. The van der Waals surface area contributed by atoms with E-state index < -0.39 is 90.5 Å². The van der Waals surface area contributed by atoms with Crippen LogP contribution in [-0.2, 0) is 45.9 Å². The molecule has 0 aromatic rings. The van der Waals surface area contributed by atoms with Crippen LogP contribution in [0.4, 0.5) is 0 Å². The number of carboxylic acids is 1. The predicted octanol–water partition coefficient (Wildman–Crippen LogP) is 15.3. The molecular weight excluding hydrogens is 953 g/mol. The van der Waals surface area contributed by atoms with Gasteiger partial charge in [0.15, 0.2) is 47.9 Å². The number of carbonyl (C=O) groups is 2. The van der Waals surface area contributed by atoms with Gasteiger partial charge < -0.3 is 41.4 Å². The SMILES string of the molecule is CC[C@H](C)[C@H](C[C@@H](CC(=O)O)O[Si](C)(C)C(C)(C)C)OC(=O)C[C@H](C[C@H](O[C@@H]1O[C@@H](CO[Si](C)(C)C(C)(C)C)C(O[Si](C)(C)C(C)(C)C)C1O[Si](C)(C)C(C)(C)C)[C@@H](C)CC)O[Si](C)(C)C(C)(C)C. The van der Waals surface area contributed by atoms with E-state index in [9.17, 15) is 14.7 Å². The monoisotopic (exact) mass is 1060 g/mol. The van der Waals surface area contributed by atoms with Crippen molar-refractivity contribution in [2.24, 2.45) is 11.8 Å². The van der Waals surface area contributed by atoms with E-state index in [1.807, 2.05) is 0 Å². The fourth-order valence-corrected chi connectivity index (χ4v) is 13.3. The largest absolute Gasteiger partial charge is 0.481 e. The highest BCUT2D eigenvalue weighted by atomic mass is 28.4. The van der Waals surface area contributed by atoms with Gasteiger partial charge in [0.1, 0.15) is 24.4 Å². The Labute approximate surface area is 430 Å². The lowest BCUT2D eigenvalue weighted by Crippen LogP contribution is -2.55. The number of ether oxygens (including phenoxy) is 3. The predicted molar refractivity (Wildman–Crippen MR) is 300 cm³/mol. The summed E-state index contributed by atoms with van der Waals surface area (Å²) in [5.74, 6) is -1.24. The van der Waals surface area contributed by atoms with Crippen molar-refractivity contribution in [2.75, 3.05) is 6.61 Å². The Morgan fingerprint density at radius 1 is 0.536 bits per heavy atom. The second-order valence-electron chi connectivity index (χ2n) is 28.5. The number of hydrogen-bond donors (Lipinski definition) is 1. The van der Waals surface area contributed by atoms with Crippen LogP contribution in [0.15, 0.2) is 0 Å². The van der Waals surface area contributed by atoms with E-state index in [-0.39, 0.29) is 61.9 Å². The molecule has 0 spiro atoms. The van der Waals surface area contributed by atoms with Gasteiger partial charge in [-0.2, -0.15) is 0 Å². The topological polar surface area (TPSA) is 128 Å². The quantitative estimate of drug-likeness (QED) is 0.0657. The minimum absolute atomic E-state index is 0.00354. The van der Waals surface area contributed by atoms with Gasteiger partial charge in [-0.05, 0) is 109 Å². The van der Waals surface area contributed by atoms with Gasteiger partial charge in [-0.25, -0.2) is 0 Å². The number of hydrogen-bond acceptors (Lipinski definition) is 10. The van der Waals surface area contributed by atoms with Crippen LogP contribution in [0.5, 0.6) is 0 Å². The lowest BCUT2D eigenvalue weighted by molar-refractivity contribution is -0.205.